The van der Waals surface area contributed by atoms with Crippen molar-refractivity contribution in [3.05, 3.63) is 49.3 Å². The van der Waals surface area contributed by atoms with E-state index >= 15 is 0 Å². The number of nitrogens with one attached hydrogen (secondary N) is 1. The van der Waals surface area contributed by atoms with E-state index in [0.29, 0.717) is 10.3 Å². The van der Waals surface area contributed by atoms with Gasteiger partial charge >= 0.3 is 0 Å². The molecule has 1 N–H and O–H groups in total. The minimum Gasteiger partial charge on any atom is -0.306 e. The molecule has 3 nitrogen and oxygen atoms in total. The highest BCUT2D eigenvalue weighted by Crippen LogP contribution is 2.23. The maximum absolute atomic E-state index is 11.9. The zero-order chi connectivity index (χ0) is 13.3. The number of aromatic amines is 1. The number of aromatic nitrogens is 2. The normalized spacial score (nSPS) is 10.9. The van der Waals surface area contributed by atoms with E-state index in [-0.39, 0.29) is 11.5 Å². The first kappa shape index (κ1) is 13.5. The number of rotatable bonds is 2. The molecule has 0 aliphatic heterocycles. The summed E-state index contributed by atoms with van der Waals surface area (Å²) >= 11 is 6.67. The predicted molar refractivity (Wildman–Crippen MR) is 79.8 cm³/mol. The maximum atomic E-state index is 11.9. The summed E-state index contributed by atoms with van der Waals surface area (Å²) in [5, 5.41) is 0. The number of halogens is 2. The lowest BCUT2D eigenvalue weighted by molar-refractivity contribution is 0.803. The van der Waals surface area contributed by atoms with E-state index in [1.165, 1.54) is 0 Å². The van der Waals surface area contributed by atoms with E-state index in [2.05, 4.69) is 41.8 Å². The fourth-order valence-corrected chi connectivity index (χ4v) is 2.51. The molecule has 2 aromatic rings. The molecular weight excluding hydrogens is 360 g/mol. The summed E-state index contributed by atoms with van der Waals surface area (Å²) in [6, 6.07) is 7.68. The third-order valence-electron chi connectivity index (χ3n) is 2.55. The first-order valence-electron chi connectivity index (χ1n) is 5.54. The van der Waals surface area contributed by atoms with Crippen LogP contribution in [-0.4, -0.2) is 9.97 Å². The van der Waals surface area contributed by atoms with Gasteiger partial charge in [0.2, 0.25) is 0 Å². The molecule has 0 aliphatic rings. The summed E-state index contributed by atoms with van der Waals surface area (Å²) < 4.78 is 1.51. The SMILES string of the molecule is CC(C)c1nc(-c2ccc(Br)cc2)[nH]c(=O)c1Br. The summed E-state index contributed by atoms with van der Waals surface area (Å²) in [5.74, 6) is 0.787. The second-order valence-corrected chi connectivity index (χ2v) is 5.98. The molecular formula is C13H12Br2N2O. The maximum Gasteiger partial charge on any atom is 0.265 e. The second-order valence-electron chi connectivity index (χ2n) is 4.28. The molecule has 5 heteroatoms. The Morgan fingerprint density at radius 1 is 1.17 bits per heavy atom. The summed E-state index contributed by atoms with van der Waals surface area (Å²) in [4.78, 5) is 19.1. The summed E-state index contributed by atoms with van der Waals surface area (Å²) in [6.45, 7) is 4.02. The molecule has 1 heterocycles. The van der Waals surface area contributed by atoms with E-state index in [9.17, 15) is 4.79 Å². The van der Waals surface area contributed by atoms with E-state index in [4.69, 9.17) is 0 Å². The van der Waals surface area contributed by atoms with Crippen LogP contribution in [-0.2, 0) is 0 Å². The number of benzene rings is 1. The fourth-order valence-electron chi connectivity index (χ4n) is 1.60. The molecule has 18 heavy (non-hydrogen) atoms. The van der Waals surface area contributed by atoms with Gasteiger partial charge in [-0.15, -0.1) is 0 Å². The Hall–Kier alpha value is -0.940. The summed E-state index contributed by atoms with van der Waals surface area (Å²) in [7, 11) is 0. The number of hydrogen-bond acceptors (Lipinski definition) is 2. The van der Waals surface area contributed by atoms with Crippen molar-refractivity contribution in [2.45, 2.75) is 19.8 Å². The first-order valence-corrected chi connectivity index (χ1v) is 7.13. The van der Waals surface area contributed by atoms with Crippen molar-refractivity contribution in [2.24, 2.45) is 0 Å². The molecule has 0 fully saturated rings. The van der Waals surface area contributed by atoms with E-state index in [1.54, 1.807) is 0 Å². The van der Waals surface area contributed by atoms with Crippen molar-refractivity contribution in [2.75, 3.05) is 0 Å². The van der Waals surface area contributed by atoms with Gasteiger partial charge in [-0.1, -0.05) is 41.9 Å². The second kappa shape index (κ2) is 5.36. The Labute approximate surface area is 122 Å². The van der Waals surface area contributed by atoms with E-state index < -0.39 is 0 Å². The van der Waals surface area contributed by atoms with Gasteiger partial charge in [-0.05, 0) is 34.0 Å². The van der Waals surface area contributed by atoms with Crippen LogP contribution in [0.1, 0.15) is 25.5 Å². The van der Waals surface area contributed by atoms with Crippen molar-refractivity contribution in [1.82, 2.24) is 9.97 Å². The quantitative estimate of drug-likeness (QED) is 0.864. The molecule has 0 spiro atoms. The molecule has 1 aromatic heterocycles. The highest BCUT2D eigenvalue weighted by molar-refractivity contribution is 9.10. The van der Waals surface area contributed by atoms with Gasteiger partial charge in [0, 0.05) is 10.0 Å². The van der Waals surface area contributed by atoms with Gasteiger partial charge in [-0.2, -0.15) is 0 Å². The molecule has 0 aliphatic carbocycles. The molecule has 0 atom stereocenters. The zero-order valence-electron chi connectivity index (χ0n) is 10.00. The smallest absolute Gasteiger partial charge is 0.265 e. The van der Waals surface area contributed by atoms with Gasteiger partial charge in [0.05, 0.1) is 5.69 Å². The lowest BCUT2D eigenvalue weighted by Crippen LogP contribution is -2.14. The third-order valence-corrected chi connectivity index (χ3v) is 3.85. The lowest BCUT2D eigenvalue weighted by atomic mass is 10.1. The van der Waals surface area contributed by atoms with Gasteiger partial charge < -0.3 is 4.98 Å². The minimum absolute atomic E-state index is 0.147. The van der Waals surface area contributed by atoms with Crippen LogP contribution in [0.3, 0.4) is 0 Å². The van der Waals surface area contributed by atoms with E-state index in [0.717, 1.165) is 15.7 Å². The van der Waals surface area contributed by atoms with Gasteiger partial charge in [0.15, 0.2) is 0 Å². The van der Waals surface area contributed by atoms with Crippen LogP contribution in [0, 0.1) is 0 Å². The average Bonchev–Trinajstić information content (AvgIpc) is 2.33. The van der Waals surface area contributed by atoms with Crippen LogP contribution in [0.15, 0.2) is 38.0 Å². The van der Waals surface area contributed by atoms with Gasteiger partial charge in [0.1, 0.15) is 10.3 Å². The molecule has 0 saturated carbocycles. The standard InChI is InChI=1S/C13H12Br2N2O/c1-7(2)11-10(15)13(18)17-12(16-11)8-3-5-9(14)6-4-8/h3-7H,1-2H3,(H,16,17,18). The minimum atomic E-state index is -0.147. The molecule has 1 aromatic carbocycles. The Morgan fingerprint density at radius 2 is 1.78 bits per heavy atom. The van der Waals surface area contributed by atoms with E-state index in [1.807, 2.05) is 38.1 Å². The van der Waals surface area contributed by atoms with Crippen LogP contribution in [0.4, 0.5) is 0 Å². The van der Waals surface area contributed by atoms with Crippen molar-refractivity contribution in [3.63, 3.8) is 0 Å². The van der Waals surface area contributed by atoms with Crippen molar-refractivity contribution < 1.29 is 0 Å². The third kappa shape index (κ3) is 2.72. The number of hydrogen-bond donors (Lipinski definition) is 1. The van der Waals surface area contributed by atoms with Gasteiger partial charge in [0.25, 0.3) is 5.56 Å². The highest BCUT2D eigenvalue weighted by atomic mass is 79.9. The molecule has 0 unspecified atom stereocenters. The topological polar surface area (TPSA) is 45.8 Å². The van der Waals surface area contributed by atoms with Crippen LogP contribution in [0.2, 0.25) is 0 Å². The largest absolute Gasteiger partial charge is 0.306 e. The van der Waals surface area contributed by atoms with Gasteiger partial charge in [-0.25, -0.2) is 4.98 Å². The van der Waals surface area contributed by atoms with Crippen molar-refractivity contribution in [1.29, 1.82) is 0 Å². The Kier molecular flexibility index (Phi) is 4.02. The van der Waals surface area contributed by atoms with Crippen LogP contribution >= 0.6 is 31.9 Å². The molecule has 0 bridgehead atoms. The summed E-state index contributed by atoms with van der Waals surface area (Å²) in [5.41, 5.74) is 1.52. The van der Waals surface area contributed by atoms with Crippen LogP contribution in [0.5, 0.6) is 0 Å². The number of nitrogens with zero attached hydrogens (tertiary/aromatic N) is 1. The highest BCUT2D eigenvalue weighted by Gasteiger charge is 2.12. The Morgan fingerprint density at radius 3 is 2.33 bits per heavy atom. The molecule has 0 saturated heterocycles. The predicted octanol–water partition coefficient (Wildman–Crippen LogP) is 4.09. The van der Waals surface area contributed by atoms with Crippen molar-refractivity contribution in [3.8, 4) is 11.4 Å². The van der Waals surface area contributed by atoms with Gasteiger partial charge in [-0.3, -0.25) is 4.79 Å². The molecule has 0 radical (unpaired) electrons. The molecule has 94 valence electrons. The Bertz CT molecular complexity index is 618. The molecule has 0 amide bonds. The average molecular weight is 372 g/mol. The summed E-state index contributed by atoms with van der Waals surface area (Å²) in [6.07, 6.45) is 0. The Balaban J connectivity index is 2.59. The zero-order valence-corrected chi connectivity index (χ0v) is 13.2. The lowest BCUT2D eigenvalue weighted by Gasteiger charge is -2.09. The molecule has 2 rings (SSSR count). The van der Waals surface area contributed by atoms with Crippen LogP contribution < -0.4 is 5.56 Å². The first-order chi connectivity index (χ1) is 8.49. The fraction of sp³-hybridized carbons (Fsp3) is 0.231. The van der Waals surface area contributed by atoms with Crippen molar-refractivity contribution >= 4 is 31.9 Å². The number of H-pyrrole nitrogens is 1. The van der Waals surface area contributed by atoms with Crippen LogP contribution in [0.25, 0.3) is 11.4 Å². The monoisotopic (exact) mass is 370 g/mol.